The van der Waals surface area contributed by atoms with Gasteiger partial charge in [0.25, 0.3) is 0 Å². The molecule has 0 aromatic carbocycles. The summed E-state index contributed by atoms with van der Waals surface area (Å²) >= 11 is 1.81. The Labute approximate surface area is 109 Å². The SMILES string of the molecule is CN(CCCCC(C)(C)C#N)Cc1cccs1. The van der Waals surface area contributed by atoms with Gasteiger partial charge in [0.1, 0.15) is 0 Å². The van der Waals surface area contributed by atoms with E-state index in [-0.39, 0.29) is 5.41 Å². The summed E-state index contributed by atoms with van der Waals surface area (Å²) in [6.45, 7) is 6.18. The lowest BCUT2D eigenvalue weighted by atomic mass is 9.89. The van der Waals surface area contributed by atoms with Crippen molar-refractivity contribution in [3.05, 3.63) is 22.4 Å². The lowest BCUT2D eigenvalue weighted by molar-refractivity contribution is 0.309. The van der Waals surface area contributed by atoms with E-state index in [1.54, 1.807) is 0 Å². The molecule has 0 aliphatic heterocycles. The molecular weight excluding hydrogens is 228 g/mol. The molecule has 0 radical (unpaired) electrons. The third-order valence-corrected chi connectivity index (χ3v) is 3.76. The Bertz CT molecular complexity index is 349. The van der Waals surface area contributed by atoms with Gasteiger partial charge in [0.05, 0.1) is 11.5 Å². The first-order valence-electron chi connectivity index (χ1n) is 6.16. The monoisotopic (exact) mass is 250 g/mol. The molecule has 94 valence electrons. The maximum absolute atomic E-state index is 8.91. The van der Waals surface area contributed by atoms with Gasteiger partial charge in [-0.1, -0.05) is 12.5 Å². The summed E-state index contributed by atoms with van der Waals surface area (Å²) in [5.41, 5.74) is -0.160. The second kappa shape index (κ2) is 6.78. The lowest BCUT2D eigenvalue weighted by Gasteiger charge is -2.18. The molecule has 3 heteroatoms. The zero-order valence-electron chi connectivity index (χ0n) is 11.1. The van der Waals surface area contributed by atoms with E-state index < -0.39 is 0 Å². The smallest absolute Gasteiger partial charge is 0.0683 e. The largest absolute Gasteiger partial charge is 0.301 e. The van der Waals surface area contributed by atoms with Gasteiger partial charge >= 0.3 is 0 Å². The first-order valence-corrected chi connectivity index (χ1v) is 7.04. The first kappa shape index (κ1) is 14.2. The average Bonchev–Trinajstić information content (AvgIpc) is 2.77. The van der Waals surface area contributed by atoms with Gasteiger partial charge in [0, 0.05) is 11.4 Å². The van der Waals surface area contributed by atoms with Gasteiger partial charge in [-0.2, -0.15) is 5.26 Å². The van der Waals surface area contributed by atoms with Crippen molar-refractivity contribution in [1.29, 1.82) is 5.26 Å². The average molecular weight is 250 g/mol. The second-order valence-electron chi connectivity index (χ2n) is 5.27. The summed E-state index contributed by atoms with van der Waals surface area (Å²) in [7, 11) is 2.16. The van der Waals surface area contributed by atoms with E-state index in [9.17, 15) is 0 Å². The van der Waals surface area contributed by atoms with Crippen molar-refractivity contribution in [3.8, 4) is 6.07 Å². The molecule has 0 atom stereocenters. The highest BCUT2D eigenvalue weighted by molar-refractivity contribution is 7.09. The van der Waals surface area contributed by atoms with Crippen LogP contribution in [0.3, 0.4) is 0 Å². The van der Waals surface area contributed by atoms with Crippen LogP contribution in [0.4, 0.5) is 0 Å². The molecule has 1 heterocycles. The number of thiophene rings is 1. The van der Waals surface area contributed by atoms with Gasteiger partial charge in [0.15, 0.2) is 0 Å². The van der Waals surface area contributed by atoms with E-state index in [2.05, 4.69) is 35.5 Å². The summed E-state index contributed by atoms with van der Waals surface area (Å²) in [4.78, 5) is 3.77. The van der Waals surface area contributed by atoms with Crippen LogP contribution in [0.1, 0.15) is 38.0 Å². The van der Waals surface area contributed by atoms with Crippen molar-refractivity contribution in [1.82, 2.24) is 4.90 Å². The Kier molecular flexibility index (Phi) is 5.67. The van der Waals surface area contributed by atoms with E-state index in [1.807, 2.05) is 25.2 Å². The van der Waals surface area contributed by atoms with Crippen LogP contribution in [0.5, 0.6) is 0 Å². The van der Waals surface area contributed by atoms with Crippen molar-refractivity contribution in [2.75, 3.05) is 13.6 Å². The topological polar surface area (TPSA) is 27.0 Å². The number of rotatable bonds is 7. The van der Waals surface area contributed by atoms with Crippen molar-refractivity contribution >= 4 is 11.3 Å². The summed E-state index contributed by atoms with van der Waals surface area (Å²) < 4.78 is 0. The number of nitriles is 1. The maximum atomic E-state index is 8.91. The van der Waals surface area contributed by atoms with Gasteiger partial charge < -0.3 is 4.90 Å². The van der Waals surface area contributed by atoms with Gasteiger partial charge in [-0.25, -0.2) is 0 Å². The fourth-order valence-electron chi connectivity index (χ4n) is 1.75. The molecule has 0 N–H and O–H groups in total. The highest BCUT2D eigenvalue weighted by Crippen LogP contribution is 2.21. The molecule has 0 fully saturated rings. The summed E-state index contributed by atoms with van der Waals surface area (Å²) in [5.74, 6) is 0. The minimum Gasteiger partial charge on any atom is -0.301 e. The fraction of sp³-hybridized carbons (Fsp3) is 0.643. The molecule has 1 rings (SSSR count). The molecule has 0 aliphatic carbocycles. The number of hydrogen-bond donors (Lipinski definition) is 0. The molecule has 0 spiro atoms. The van der Waals surface area contributed by atoms with Crippen LogP contribution in [0, 0.1) is 16.7 Å². The predicted octanol–water partition coefficient (Wildman–Crippen LogP) is 3.90. The van der Waals surface area contributed by atoms with Crippen molar-refractivity contribution < 1.29 is 0 Å². The molecule has 1 aromatic heterocycles. The van der Waals surface area contributed by atoms with Crippen molar-refractivity contribution in [2.45, 2.75) is 39.7 Å². The van der Waals surface area contributed by atoms with Crippen LogP contribution in [0.2, 0.25) is 0 Å². The molecule has 0 saturated carbocycles. The second-order valence-corrected chi connectivity index (χ2v) is 6.30. The quantitative estimate of drug-likeness (QED) is 0.686. The van der Waals surface area contributed by atoms with E-state index >= 15 is 0 Å². The van der Waals surface area contributed by atoms with Crippen LogP contribution in [-0.2, 0) is 6.54 Å². The standard InChI is InChI=1S/C14H22N2S/c1-14(2,12-15)8-4-5-9-16(3)11-13-7-6-10-17-13/h6-7,10H,4-5,8-9,11H2,1-3H3. The Balaban J connectivity index is 2.13. The Hall–Kier alpha value is -0.850. The summed E-state index contributed by atoms with van der Waals surface area (Å²) in [5, 5.41) is 11.0. The van der Waals surface area contributed by atoms with Crippen molar-refractivity contribution in [2.24, 2.45) is 5.41 Å². The predicted molar refractivity (Wildman–Crippen MR) is 73.9 cm³/mol. The van der Waals surface area contributed by atoms with Gasteiger partial charge in [0.2, 0.25) is 0 Å². The molecular formula is C14H22N2S. The molecule has 0 unspecified atom stereocenters. The Morgan fingerprint density at radius 1 is 1.41 bits per heavy atom. The molecule has 2 nitrogen and oxygen atoms in total. The Morgan fingerprint density at radius 2 is 2.18 bits per heavy atom. The minimum absolute atomic E-state index is 0.160. The molecule has 0 bridgehead atoms. The normalized spacial score (nSPS) is 11.7. The van der Waals surface area contributed by atoms with E-state index in [4.69, 9.17) is 5.26 Å². The zero-order chi connectivity index (χ0) is 12.7. The van der Waals surface area contributed by atoms with E-state index in [0.29, 0.717) is 0 Å². The third-order valence-electron chi connectivity index (χ3n) is 2.90. The summed E-state index contributed by atoms with van der Waals surface area (Å²) in [6.07, 6.45) is 3.30. The zero-order valence-corrected chi connectivity index (χ0v) is 11.9. The van der Waals surface area contributed by atoms with Crippen LogP contribution in [-0.4, -0.2) is 18.5 Å². The Morgan fingerprint density at radius 3 is 2.76 bits per heavy atom. The first-order chi connectivity index (χ1) is 8.03. The number of hydrogen-bond acceptors (Lipinski definition) is 3. The van der Waals surface area contributed by atoms with Crippen LogP contribution >= 0.6 is 11.3 Å². The van der Waals surface area contributed by atoms with Crippen molar-refractivity contribution in [3.63, 3.8) is 0 Å². The lowest BCUT2D eigenvalue weighted by Crippen LogP contribution is -2.19. The van der Waals surface area contributed by atoms with Gasteiger partial charge in [-0.3, -0.25) is 0 Å². The van der Waals surface area contributed by atoms with Gasteiger partial charge in [-0.15, -0.1) is 11.3 Å². The van der Waals surface area contributed by atoms with E-state index in [1.165, 1.54) is 11.3 Å². The highest BCUT2D eigenvalue weighted by Gasteiger charge is 2.15. The molecule has 0 amide bonds. The fourth-order valence-corrected chi connectivity index (χ4v) is 2.54. The molecule has 0 saturated heterocycles. The number of nitrogens with zero attached hydrogens (tertiary/aromatic N) is 2. The van der Waals surface area contributed by atoms with Crippen LogP contribution in [0.25, 0.3) is 0 Å². The molecule has 1 aromatic rings. The summed E-state index contributed by atoms with van der Waals surface area (Å²) in [6, 6.07) is 6.63. The van der Waals surface area contributed by atoms with Crippen LogP contribution in [0.15, 0.2) is 17.5 Å². The van der Waals surface area contributed by atoms with E-state index in [0.717, 1.165) is 25.9 Å². The highest BCUT2D eigenvalue weighted by atomic mass is 32.1. The van der Waals surface area contributed by atoms with Gasteiger partial charge in [-0.05, 0) is 51.7 Å². The van der Waals surface area contributed by atoms with Crippen LogP contribution < -0.4 is 0 Å². The minimum atomic E-state index is -0.160. The number of unbranched alkanes of at least 4 members (excludes halogenated alkanes) is 1. The maximum Gasteiger partial charge on any atom is 0.0683 e. The molecule has 0 aliphatic rings. The molecule has 17 heavy (non-hydrogen) atoms. The third kappa shape index (κ3) is 5.86.